The van der Waals surface area contributed by atoms with Gasteiger partial charge in [-0.3, -0.25) is 14.2 Å². The number of hydrogen-bond donors (Lipinski definition) is 1. The van der Waals surface area contributed by atoms with E-state index < -0.39 is 60.1 Å². The molecule has 1 aliphatic heterocycles. The molecule has 4 rings (SSSR count). The van der Waals surface area contributed by atoms with Crippen LogP contribution in [0.5, 0.6) is 0 Å². The Morgan fingerprint density at radius 3 is 2.22 bits per heavy atom. The van der Waals surface area contributed by atoms with Gasteiger partial charge in [0.15, 0.2) is 29.3 Å². The molecule has 4 atom stereocenters. The lowest BCUT2D eigenvalue weighted by atomic mass is 9.91. The van der Waals surface area contributed by atoms with Gasteiger partial charge in [-0.25, -0.2) is 24.5 Å². The molecule has 3 aromatic rings. The van der Waals surface area contributed by atoms with Gasteiger partial charge in [-0.2, -0.15) is 0 Å². The van der Waals surface area contributed by atoms with Crippen molar-refractivity contribution in [3.8, 4) is 12.3 Å². The molecule has 16 heteroatoms. The molecule has 50 heavy (non-hydrogen) atoms. The van der Waals surface area contributed by atoms with Crippen LogP contribution in [0.3, 0.4) is 0 Å². The summed E-state index contributed by atoms with van der Waals surface area (Å²) in [4.78, 5) is 65.5. The van der Waals surface area contributed by atoms with Gasteiger partial charge in [-0.05, 0) is 26.3 Å². The van der Waals surface area contributed by atoms with Crippen LogP contribution < -0.4 is 5.73 Å². The molecule has 266 valence electrons. The van der Waals surface area contributed by atoms with Crippen LogP contribution in [-0.4, -0.2) is 93.2 Å². The molecule has 1 aromatic carbocycles. The molecular weight excluding hydrogens is 654 g/mol. The van der Waals surface area contributed by atoms with Crippen LogP contribution in [0.15, 0.2) is 43.2 Å². The standard InChI is InChI=1S/C34H39N5O11/c1-8-33(50-22(7)41)24(18-47-34(31(42)45-10-3,32(43)46-11-4)17-23-15-13-12-14-16-23)49-30(26(33)48-21(6)40)39-19-36-25-27(35)37-28(38-29(25)39)20(5)44-9-2/h1,12-16,19,24,26,30H,5,9-11,17-18H2,2-4,6-7H3,(H2,35,37,38)/t24-,26+,30-,33-/m1/s1. The van der Waals surface area contributed by atoms with E-state index in [9.17, 15) is 19.2 Å². The van der Waals surface area contributed by atoms with E-state index in [0.29, 0.717) is 5.56 Å². The number of esters is 4. The smallest absolute Gasteiger partial charge is 0.350 e. The highest BCUT2D eigenvalue weighted by atomic mass is 16.7. The van der Waals surface area contributed by atoms with Crippen molar-refractivity contribution in [3.63, 3.8) is 0 Å². The average molecular weight is 694 g/mol. The van der Waals surface area contributed by atoms with Crippen LogP contribution >= 0.6 is 0 Å². The third-order valence-electron chi connectivity index (χ3n) is 7.57. The first-order chi connectivity index (χ1) is 23.9. The monoisotopic (exact) mass is 693 g/mol. The molecule has 2 N–H and O–H groups in total. The summed E-state index contributed by atoms with van der Waals surface area (Å²) in [5.74, 6) is -1.19. The van der Waals surface area contributed by atoms with E-state index in [1.54, 1.807) is 51.1 Å². The van der Waals surface area contributed by atoms with E-state index in [4.69, 9.17) is 45.3 Å². The number of hydrogen-bond acceptors (Lipinski definition) is 15. The fourth-order valence-electron chi connectivity index (χ4n) is 5.48. The molecular formula is C34H39N5O11. The molecule has 0 amide bonds. The molecule has 0 bridgehead atoms. The summed E-state index contributed by atoms with van der Waals surface area (Å²) in [5, 5.41) is 0. The Labute approximate surface area is 288 Å². The number of anilines is 1. The summed E-state index contributed by atoms with van der Waals surface area (Å²) < 4.78 is 41.4. The SMILES string of the molecule is C#C[C@@]1(OC(C)=O)[C@@H](COC(Cc2ccccc2)(C(=O)OCC)C(=O)OCC)O[C@@H](n2cnc3c(N)nc(C(=C)OCC)nc32)[C@@H]1OC(C)=O. The topological polar surface area (TPSA) is 203 Å². The van der Waals surface area contributed by atoms with E-state index in [0.717, 1.165) is 13.8 Å². The number of carbonyl (C=O) groups is 4. The van der Waals surface area contributed by atoms with E-state index in [1.165, 1.54) is 10.9 Å². The number of nitrogen functional groups attached to an aromatic ring is 1. The third-order valence-corrected chi connectivity index (χ3v) is 7.57. The highest BCUT2D eigenvalue weighted by Gasteiger charge is 2.63. The Kier molecular flexibility index (Phi) is 11.8. The summed E-state index contributed by atoms with van der Waals surface area (Å²) in [6, 6.07) is 8.57. The number of ether oxygens (including phenoxy) is 7. The molecule has 0 spiro atoms. The number of aromatic nitrogens is 4. The van der Waals surface area contributed by atoms with Gasteiger partial charge in [0.05, 0.1) is 32.8 Å². The Balaban J connectivity index is 1.87. The summed E-state index contributed by atoms with van der Waals surface area (Å²) in [5.41, 5.74) is 2.43. The quantitative estimate of drug-likeness (QED) is 0.0798. The minimum Gasteiger partial charge on any atom is -0.491 e. The number of fused-ring (bicyclic) bond motifs is 1. The predicted molar refractivity (Wildman–Crippen MR) is 175 cm³/mol. The summed E-state index contributed by atoms with van der Waals surface area (Å²) in [7, 11) is 0. The van der Waals surface area contributed by atoms with Crippen molar-refractivity contribution in [2.75, 3.05) is 32.2 Å². The number of nitrogens with zero attached hydrogens (tertiary/aromatic N) is 4. The second-order valence-corrected chi connectivity index (χ2v) is 10.9. The van der Waals surface area contributed by atoms with Crippen LogP contribution in [0.4, 0.5) is 5.82 Å². The van der Waals surface area contributed by atoms with Gasteiger partial charge in [0.25, 0.3) is 5.60 Å². The van der Waals surface area contributed by atoms with Gasteiger partial charge in [-0.15, -0.1) is 6.42 Å². The van der Waals surface area contributed by atoms with Crippen molar-refractivity contribution in [2.24, 2.45) is 0 Å². The molecule has 0 saturated carbocycles. The van der Waals surface area contributed by atoms with Gasteiger partial charge >= 0.3 is 23.9 Å². The normalized spacial score (nSPS) is 20.0. The number of nitrogens with two attached hydrogens (primary N) is 1. The fourth-order valence-corrected chi connectivity index (χ4v) is 5.48. The maximum absolute atomic E-state index is 13.6. The zero-order chi connectivity index (χ0) is 36.6. The van der Waals surface area contributed by atoms with Crippen LogP contribution in [0, 0.1) is 12.3 Å². The minimum atomic E-state index is -2.36. The van der Waals surface area contributed by atoms with Gasteiger partial charge in [0, 0.05) is 20.3 Å². The van der Waals surface area contributed by atoms with Gasteiger partial charge in [-0.1, -0.05) is 42.8 Å². The van der Waals surface area contributed by atoms with Crippen molar-refractivity contribution >= 4 is 46.6 Å². The lowest BCUT2D eigenvalue weighted by Gasteiger charge is -2.34. The second kappa shape index (κ2) is 15.8. The zero-order valence-corrected chi connectivity index (χ0v) is 28.4. The maximum atomic E-state index is 13.6. The molecule has 0 radical (unpaired) electrons. The lowest BCUT2D eigenvalue weighted by molar-refractivity contribution is -0.200. The number of terminal acetylenes is 1. The molecule has 0 unspecified atom stereocenters. The zero-order valence-electron chi connectivity index (χ0n) is 28.4. The average Bonchev–Trinajstić information content (AvgIpc) is 3.62. The first-order valence-corrected chi connectivity index (χ1v) is 15.7. The molecule has 0 aliphatic carbocycles. The summed E-state index contributed by atoms with van der Waals surface area (Å²) >= 11 is 0. The highest BCUT2D eigenvalue weighted by molar-refractivity contribution is 6.04. The van der Waals surface area contributed by atoms with Crippen LogP contribution in [0.2, 0.25) is 0 Å². The van der Waals surface area contributed by atoms with E-state index in [-0.39, 0.29) is 54.8 Å². The molecule has 2 aromatic heterocycles. The molecule has 3 heterocycles. The first kappa shape index (κ1) is 37.3. The van der Waals surface area contributed by atoms with E-state index in [1.807, 2.05) is 0 Å². The minimum absolute atomic E-state index is 0.0238. The molecule has 1 saturated heterocycles. The fraction of sp³-hybridized carbons (Fsp3) is 0.441. The predicted octanol–water partition coefficient (Wildman–Crippen LogP) is 2.30. The number of rotatable bonds is 15. The maximum Gasteiger partial charge on any atom is 0.350 e. The largest absolute Gasteiger partial charge is 0.491 e. The Hall–Kier alpha value is -5.53. The second-order valence-electron chi connectivity index (χ2n) is 10.9. The number of carbonyl (C=O) groups excluding carboxylic acids is 4. The van der Waals surface area contributed by atoms with Crippen molar-refractivity contribution in [1.82, 2.24) is 19.5 Å². The summed E-state index contributed by atoms with van der Waals surface area (Å²) in [6.07, 6.45) is 2.63. The highest BCUT2D eigenvalue weighted by Crippen LogP contribution is 2.44. The molecule has 1 aliphatic rings. The van der Waals surface area contributed by atoms with Crippen molar-refractivity contribution in [2.45, 2.75) is 70.7 Å². The van der Waals surface area contributed by atoms with Gasteiger partial charge in [0.1, 0.15) is 11.6 Å². The summed E-state index contributed by atoms with van der Waals surface area (Å²) in [6.45, 7) is 10.4. The van der Waals surface area contributed by atoms with Gasteiger partial charge < -0.3 is 38.9 Å². The van der Waals surface area contributed by atoms with Crippen LogP contribution in [-0.2, 0) is 58.8 Å². The number of imidazole rings is 1. The van der Waals surface area contributed by atoms with Crippen molar-refractivity contribution < 1.29 is 52.3 Å². The van der Waals surface area contributed by atoms with Crippen LogP contribution in [0.1, 0.15) is 52.2 Å². The van der Waals surface area contributed by atoms with Crippen molar-refractivity contribution in [3.05, 3.63) is 54.6 Å². The van der Waals surface area contributed by atoms with E-state index >= 15 is 0 Å². The van der Waals surface area contributed by atoms with E-state index in [2.05, 4.69) is 27.5 Å². The Morgan fingerprint density at radius 2 is 1.66 bits per heavy atom. The van der Waals surface area contributed by atoms with Gasteiger partial charge in [0.2, 0.25) is 11.7 Å². The Morgan fingerprint density at radius 1 is 1.02 bits per heavy atom. The Bertz CT molecular complexity index is 1770. The molecule has 1 fully saturated rings. The van der Waals surface area contributed by atoms with Crippen LogP contribution in [0.25, 0.3) is 16.9 Å². The first-order valence-electron chi connectivity index (χ1n) is 15.7. The third kappa shape index (κ3) is 7.38. The van der Waals surface area contributed by atoms with Crippen molar-refractivity contribution in [1.29, 1.82) is 0 Å². The molecule has 16 nitrogen and oxygen atoms in total. The lowest BCUT2D eigenvalue weighted by Crippen LogP contribution is -2.57. The number of benzene rings is 1.